The Morgan fingerprint density at radius 2 is 2.33 bits per heavy atom. The molecule has 0 bridgehead atoms. The van der Waals surface area contributed by atoms with Crippen molar-refractivity contribution >= 4 is 11.7 Å². The molecule has 1 heterocycles. The Kier molecular flexibility index (Phi) is 4.05. The first-order valence-electron chi connectivity index (χ1n) is 4.64. The van der Waals surface area contributed by atoms with Crippen molar-refractivity contribution in [3.8, 4) is 0 Å². The second kappa shape index (κ2) is 5.09. The lowest BCUT2D eigenvalue weighted by molar-refractivity contribution is -0.188. The van der Waals surface area contributed by atoms with Crippen molar-refractivity contribution in [2.75, 3.05) is 7.11 Å². The molecule has 86 valence electrons. The molecule has 15 heavy (non-hydrogen) atoms. The zero-order valence-electron chi connectivity index (χ0n) is 8.97. The van der Waals surface area contributed by atoms with E-state index in [4.69, 9.17) is 19.4 Å². The van der Waals surface area contributed by atoms with Crippen molar-refractivity contribution in [1.82, 2.24) is 0 Å². The molecule has 1 unspecified atom stereocenters. The average molecular weight is 217 g/mol. The van der Waals surface area contributed by atoms with Crippen molar-refractivity contribution in [3.63, 3.8) is 0 Å². The van der Waals surface area contributed by atoms with E-state index in [1.807, 2.05) is 0 Å². The highest BCUT2D eigenvalue weighted by molar-refractivity contribution is 5.91. The van der Waals surface area contributed by atoms with Gasteiger partial charge in [0.2, 0.25) is 0 Å². The van der Waals surface area contributed by atoms with Crippen LogP contribution in [-0.2, 0) is 19.0 Å². The van der Waals surface area contributed by atoms with Crippen molar-refractivity contribution in [2.24, 2.45) is 5.16 Å². The van der Waals surface area contributed by atoms with Crippen LogP contribution >= 0.6 is 0 Å². The number of hydrogen-bond acceptors (Lipinski definition) is 6. The van der Waals surface area contributed by atoms with Gasteiger partial charge in [0.1, 0.15) is 11.8 Å². The van der Waals surface area contributed by atoms with Gasteiger partial charge in [0, 0.05) is 20.5 Å². The van der Waals surface area contributed by atoms with Crippen LogP contribution in [0.15, 0.2) is 5.16 Å². The first-order valence-corrected chi connectivity index (χ1v) is 4.64. The standard InChI is InChI=1S/C9H15NO5/c1-5-9(15-6(2)11)7(10-12)4-8(13-3)14-5/h5,8-9,12H,4H2,1-3H3/t5-,8?,9+/m0/s1. The highest BCUT2D eigenvalue weighted by Crippen LogP contribution is 2.20. The number of esters is 1. The van der Waals surface area contributed by atoms with E-state index in [0.717, 1.165) is 0 Å². The lowest BCUT2D eigenvalue weighted by Gasteiger charge is -2.33. The summed E-state index contributed by atoms with van der Waals surface area (Å²) in [5.74, 6) is -0.438. The van der Waals surface area contributed by atoms with Crippen molar-refractivity contribution in [2.45, 2.75) is 38.8 Å². The topological polar surface area (TPSA) is 77.4 Å². The van der Waals surface area contributed by atoms with E-state index in [-0.39, 0.29) is 6.42 Å². The summed E-state index contributed by atoms with van der Waals surface area (Å²) < 4.78 is 15.4. The lowest BCUT2D eigenvalue weighted by atomic mass is 10.0. The number of carbonyl (C=O) groups excluding carboxylic acids is 1. The summed E-state index contributed by atoms with van der Waals surface area (Å²) in [6.07, 6.45) is -1.20. The molecule has 0 aromatic rings. The third-order valence-electron chi connectivity index (χ3n) is 2.18. The van der Waals surface area contributed by atoms with Crippen LogP contribution in [0.3, 0.4) is 0 Å². The number of carbonyl (C=O) groups is 1. The minimum atomic E-state index is -0.640. The third-order valence-corrected chi connectivity index (χ3v) is 2.18. The summed E-state index contributed by atoms with van der Waals surface area (Å²) in [4.78, 5) is 10.8. The van der Waals surface area contributed by atoms with E-state index in [1.165, 1.54) is 14.0 Å². The maximum absolute atomic E-state index is 10.8. The summed E-state index contributed by atoms with van der Waals surface area (Å²) >= 11 is 0. The van der Waals surface area contributed by atoms with Crippen LogP contribution in [0.5, 0.6) is 0 Å². The summed E-state index contributed by atoms with van der Waals surface area (Å²) in [5, 5.41) is 11.9. The zero-order chi connectivity index (χ0) is 11.4. The van der Waals surface area contributed by atoms with Crippen LogP contribution in [0.1, 0.15) is 20.3 Å². The van der Waals surface area contributed by atoms with Gasteiger partial charge < -0.3 is 19.4 Å². The number of methoxy groups -OCH3 is 1. The smallest absolute Gasteiger partial charge is 0.303 e. The van der Waals surface area contributed by atoms with Crippen LogP contribution in [-0.4, -0.2) is 42.5 Å². The number of hydrogen-bond donors (Lipinski definition) is 1. The van der Waals surface area contributed by atoms with Crippen LogP contribution < -0.4 is 0 Å². The largest absolute Gasteiger partial charge is 0.453 e. The highest BCUT2D eigenvalue weighted by Gasteiger charge is 2.36. The third kappa shape index (κ3) is 2.90. The van der Waals surface area contributed by atoms with Gasteiger partial charge in [0.05, 0.1) is 0 Å². The Labute approximate surface area is 87.8 Å². The second-order valence-corrected chi connectivity index (χ2v) is 3.33. The fourth-order valence-electron chi connectivity index (χ4n) is 1.50. The van der Waals surface area contributed by atoms with Crippen molar-refractivity contribution in [3.05, 3.63) is 0 Å². The molecule has 0 aromatic heterocycles. The molecule has 0 aromatic carbocycles. The fraction of sp³-hybridized carbons (Fsp3) is 0.778. The quantitative estimate of drug-likeness (QED) is 0.414. The molecule has 1 saturated heterocycles. The molecule has 0 saturated carbocycles. The van der Waals surface area contributed by atoms with Gasteiger partial charge in [-0.3, -0.25) is 4.79 Å². The highest BCUT2D eigenvalue weighted by atomic mass is 16.7. The van der Waals surface area contributed by atoms with Gasteiger partial charge in [-0.2, -0.15) is 0 Å². The maximum atomic E-state index is 10.8. The molecule has 1 rings (SSSR count). The molecule has 6 heteroatoms. The summed E-state index contributed by atoms with van der Waals surface area (Å²) in [7, 11) is 1.50. The molecule has 3 atom stereocenters. The van der Waals surface area contributed by atoms with E-state index in [2.05, 4.69) is 5.16 Å². The molecule has 1 aliphatic heterocycles. The monoisotopic (exact) mass is 217 g/mol. The van der Waals surface area contributed by atoms with Crippen molar-refractivity contribution in [1.29, 1.82) is 0 Å². The SMILES string of the molecule is COC1CC(=NO)[C@H](OC(C)=O)[C@H](C)O1. The Hall–Kier alpha value is -1.14. The Balaban J connectivity index is 2.73. The van der Waals surface area contributed by atoms with Gasteiger partial charge in [0.15, 0.2) is 12.4 Å². The predicted octanol–water partition coefficient (Wildman–Crippen LogP) is 0.530. The van der Waals surface area contributed by atoms with Crippen molar-refractivity contribution < 1.29 is 24.2 Å². The lowest BCUT2D eigenvalue weighted by Crippen LogP contribution is -2.47. The predicted molar refractivity (Wildman–Crippen MR) is 50.7 cm³/mol. The summed E-state index contributed by atoms with van der Waals surface area (Å²) in [6, 6.07) is 0. The molecule has 1 fully saturated rings. The van der Waals surface area contributed by atoms with E-state index < -0.39 is 24.5 Å². The average Bonchev–Trinajstić information content (AvgIpc) is 2.20. The summed E-state index contributed by atoms with van der Waals surface area (Å²) in [5.41, 5.74) is 0.357. The Morgan fingerprint density at radius 1 is 1.67 bits per heavy atom. The first-order chi connectivity index (χ1) is 7.08. The molecule has 0 spiro atoms. The molecule has 0 radical (unpaired) electrons. The van der Waals surface area contributed by atoms with Gasteiger partial charge in [-0.15, -0.1) is 0 Å². The number of oxime groups is 1. The van der Waals surface area contributed by atoms with Gasteiger partial charge in [-0.1, -0.05) is 5.16 Å². The molecule has 6 nitrogen and oxygen atoms in total. The van der Waals surface area contributed by atoms with Crippen LogP contribution in [0.2, 0.25) is 0 Å². The molecule has 1 aliphatic rings. The Morgan fingerprint density at radius 3 is 2.80 bits per heavy atom. The number of rotatable bonds is 2. The molecule has 0 aliphatic carbocycles. The maximum Gasteiger partial charge on any atom is 0.303 e. The molecule has 1 N–H and O–H groups in total. The van der Waals surface area contributed by atoms with Crippen LogP contribution in [0.25, 0.3) is 0 Å². The van der Waals surface area contributed by atoms with Crippen LogP contribution in [0.4, 0.5) is 0 Å². The summed E-state index contributed by atoms with van der Waals surface area (Å²) in [6.45, 7) is 3.02. The van der Waals surface area contributed by atoms with E-state index in [0.29, 0.717) is 5.71 Å². The van der Waals surface area contributed by atoms with Gasteiger partial charge in [0.25, 0.3) is 0 Å². The minimum Gasteiger partial charge on any atom is -0.453 e. The van der Waals surface area contributed by atoms with E-state index >= 15 is 0 Å². The van der Waals surface area contributed by atoms with E-state index in [1.54, 1.807) is 6.92 Å². The van der Waals surface area contributed by atoms with E-state index in [9.17, 15) is 4.79 Å². The second-order valence-electron chi connectivity index (χ2n) is 3.33. The molecular weight excluding hydrogens is 202 g/mol. The first kappa shape index (κ1) is 11.9. The molecular formula is C9H15NO5. The zero-order valence-corrected chi connectivity index (χ0v) is 8.97. The number of ether oxygens (including phenoxy) is 3. The van der Waals surface area contributed by atoms with Gasteiger partial charge in [-0.05, 0) is 6.92 Å². The molecule has 0 amide bonds. The van der Waals surface area contributed by atoms with Crippen LogP contribution in [0, 0.1) is 0 Å². The van der Waals surface area contributed by atoms with Gasteiger partial charge in [-0.25, -0.2) is 0 Å². The normalized spacial score (nSPS) is 34.1. The van der Waals surface area contributed by atoms with Gasteiger partial charge >= 0.3 is 5.97 Å². The minimum absolute atomic E-state index is 0.287. The fourth-order valence-corrected chi connectivity index (χ4v) is 1.50. The number of nitrogens with zero attached hydrogens (tertiary/aromatic N) is 1. The Bertz CT molecular complexity index is 265.